The van der Waals surface area contributed by atoms with Crippen LogP contribution in [0.5, 0.6) is 0 Å². The third kappa shape index (κ3) is 4.49. The van der Waals surface area contributed by atoms with Gasteiger partial charge >= 0.3 is 0 Å². The van der Waals surface area contributed by atoms with Crippen LogP contribution in [-0.4, -0.2) is 30.4 Å². The maximum Gasteiger partial charge on any atom is 0.227 e. The molecule has 132 valence electrons. The van der Waals surface area contributed by atoms with E-state index < -0.39 is 0 Å². The number of carbonyl (C=O) groups excluding carboxylic acids is 1. The summed E-state index contributed by atoms with van der Waals surface area (Å²) in [5, 5.41) is 3.23. The molecular formula is C22H28N2O. The van der Waals surface area contributed by atoms with Gasteiger partial charge in [0.05, 0.1) is 12.0 Å². The molecule has 1 fully saturated rings. The lowest BCUT2D eigenvalue weighted by Crippen LogP contribution is -2.38. The van der Waals surface area contributed by atoms with Gasteiger partial charge in [-0.3, -0.25) is 9.69 Å². The topological polar surface area (TPSA) is 32.3 Å². The highest BCUT2D eigenvalue weighted by Gasteiger charge is 2.25. The Morgan fingerprint density at radius 2 is 1.52 bits per heavy atom. The van der Waals surface area contributed by atoms with Crippen LogP contribution in [-0.2, 0) is 4.79 Å². The highest BCUT2D eigenvalue weighted by molar-refractivity contribution is 5.83. The van der Waals surface area contributed by atoms with E-state index in [9.17, 15) is 4.79 Å². The number of rotatable bonds is 7. The Hall–Kier alpha value is -2.13. The molecule has 3 nitrogen and oxygen atoms in total. The largest absolute Gasteiger partial charge is 0.354 e. The van der Waals surface area contributed by atoms with Gasteiger partial charge < -0.3 is 5.32 Å². The maximum absolute atomic E-state index is 12.8. The van der Waals surface area contributed by atoms with Crippen LogP contribution in [0.4, 0.5) is 0 Å². The third-order valence-electron chi connectivity index (χ3n) is 5.16. The van der Waals surface area contributed by atoms with Gasteiger partial charge in [-0.05, 0) is 43.5 Å². The summed E-state index contributed by atoms with van der Waals surface area (Å²) in [7, 11) is 0. The molecule has 0 aromatic heterocycles. The fourth-order valence-electron chi connectivity index (χ4n) is 3.76. The second-order valence-electron chi connectivity index (χ2n) is 6.79. The van der Waals surface area contributed by atoms with Crippen LogP contribution in [0.15, 0.2) is 60.7 Å². The number of amides is 1. The Morgan fingerprint density at radius 1 is 0.960 bits per heavy atom. The first-order valence-electron chi connectivity index (χ1n) is 9.41. The monoisotopic (exact) mass is 336 g/mol. The predicted octanol–water partition coefficient (Wildman–Crippen LogP) is 4.13. The molecule has 1 aliphatic rings. The molecule has 1 amide bonds. The molecule has 25 heavy (non-hydrogen) atoms. The van der Waals surface area contributed by atoms with E-state index in [1.807, 2.05) is 36.4 Å². The van der Waals surface area contributed by atoms with Crippen molar-refractivity contribution in [3.05, 3.63) is 71.8 Å². The molecule has 2 atom stereocenters. The second kappa shape index (κ2) is 8.82. The molecular weight excluding hydrogens is 308 g/mol. The zero-order valence-electron chi connectivity index (χ0n) is 15.0. The van der Waals surface area contributed by atoms with Crippen LogP contribution in [0, 0.1) is 0 Å². The highest BCUT2D eigenvalue weighted by atomic mass is 16.1. The Labute approximate surface area is 151 Å². The molecule has 1 N–H and O–H groups in total. The van der Waals surface area contributed by atoms with Crippen molar-refractivity contribution in [1.82, 2.24) is 10.2 Å². The average molecular weight is 336 g/mol. The smallest absolute Gasteiger partial charge is 0.227 e. The van der Waals surface area contributed by atoms with Crippen molar-refractivity contribution in [2.24, 2.45) is 0 Å². The van der Waals surface area contributed by atoms with Crippen LogP contribution in [0.1, 0.15) is 49.3 Å². The minimum absolute atomic E-state index is 0.0730. The maximum atomic E-state index is 12.8. The van der Waals surface area contributed by atoms with Gasteiger partial charge in [0.1, 0.15) is 0 Å². The lowest BCUT2D eigenvalue weighted by Gasteiger charge is -2.29. The van der Waals surface area contributed by atoms with E-state index in [1.54, 1.807) is 0 Å². The number of likely N-dealkylation sites (tertiary alicyclic amines) is 1. The van der Waals surface area contributed by atoms with E-state index in [1.165, 1.54) is 18.4 Å². The summed E-state index contributed by atoms with van der Waals surface area (Å²) in [6, 6.07) is 20.9. The van der Waals surface area contributed by atoms with Gasteiger partial charge in [0.15, 0.2) is 0 Å². The quantitative estimate of drug-likeness (QED) is 0.824. The van der Waals surface area contributed by atoms with Crippen molar-refractivity contribution in [3.8, 4) is 0 Å². The number of nitrogens with zero attached hydrogens (tertiary/aromatic N) is 1. The van der Waals surface area contributed by atoms with Gasteiger partial charge in [-0.2, -0.15) is 0 Å². The van der Waals surface area contributed by atoms with E-state index in [2.05, 4.69) is 41.4 Å². The molecule has 2 aromatic carbocycles. The lowest BCUT2D eigenvalue weighted by atomic mass is 9.95. The SMILES string of the molecule is CCC(C(=O)NCC(c1ccccc1)N1CCCC1)c1ccccc1. The number of carbonyl (C=O) groups is 1. The first-order chi connectivity index (χ1) is 12.3. The summed E-state index contributed by atoms with van der Waals surface area (Å²) in [6.07, 6.45) is 3.31. The number of nitrogens with one attached hydrogen (secondary N) is 1. The molecule has 2 aromatic rings. The van der Waals surface area contributed by atoms with E-state index in [-0.39, 0.29) is 17.9 Å². The Bertz CT molecular complexity index is 650. The van der Waals surface area contributed by atoms with E-state index in [4.69, 9.17) is 0 Å². The fraction of sp³-hybridized carbons (Fsp3) is 0.409. The summed E-state index contributed by atoms with van der Waals surface area (Å²) in [5.41, 5.74) is 2.39. The molecule has 0 radical (unpaired) electrons. The summed E-state index contributed by atoms with van der Waals surface area (Å²) < 4.78 is 0. The number of benzene rings is 2. The minimum atomic E-state index is -0.0730. The van der Waals surface area contributed by atoms with Crippen molar-refractivity contribution in [1.29, 1.82) is 0 Å². The Balaban J connectivity index is 1.69. The van der Waals surface area contributed by atoms with Crippen LogP contribution < -0.4 is 5.32 Å². The molecule has 1 aliphatic heterocycles. The second-order valence-corrected chi connectivity index (χ2v) is 6.79. The summed E-state index contributed by atoms with van der Waals surface area (Å²) in [4.78, 5) is 15.3. The van der Waals surface area contributed by atoms with E-state index >= 15 is 0 Å². The number of hydrogen-bond donors (Lipinski definition) is 1. The molecule has 2 unspecified atom stereocenters. The van der Waals surface area contributed by atoms with Gasteiger partial charge in [0.25, 0.3) is 0 Å². The Morgan fingerprint density at radius 3 is 2.08 bits per heavy atom. The van der Waals surface area contributed by atoms with Crippen molar-refractivity contribution in [2.75, 3.05) is 19.6 Å². The summed E-state index contributed by atoms with van der Waals surface area (Å²) in [6.45, 7) is 4.98. The number of hydrogen-bond acceptors (Lipinski definition) is 2. The molecule has 1 heterocycles. The first-order valence-corrected chi connectivity index (χ1v) is 9.41. The average Bonchev–Trinajstić information content (AvgIpc) is 3.19. The van der Waals surface area contributed by atoms with Crippen LogP contribution >= 0.6 is 0 Å². The normalized spacial score (nSPS) is 17.2. The zero-order valence-corrected chi connectivity index (χ0v) is 15.0. The standard InChI is InChI=1S/C22H28N2O/c1-2-20(18-11-5-3-6-12-18)22(25)23-17-21(24-15-9-10-16-24)19-13-7-4-8-14-19/h3-8,11-14,20-21H,2,9-10,15-17H2,1H3,(H,23,25). The van der Waals surface area contributed by atoms with Crippen LogP contribution in [0.2, 0.25) is 0 Å². The first kappa shape index (κ1) is 17.7. The molecule has 0 spiro atoms. The predicted molar refractivity (Wildman–Crippen MR) is 102 cm³/mol. The van der Waals surface area contributed by atoms with Gasteiger partial charge in [0.2, 0.25) is 5.91 Å². The van der Waals surface area contributed by atoms with Gasteiger partial charge in [-0.25, -0.2) is 0 Å². The summed E-state index contributed by atoms with van der Waals surface area (Å²) >= 11 is 0. The molecule has 1 saturated heterocycles. The van der Waals surface area contributed by atoms with Gasteiger partial charge in [-0.1, -0.05) is 67.6 Å². The van der Waals surface area contributed by atoms with E-state index in [0.29, 0.717) is 6.54 Å². The highest BCUT2D eigenvalue weighted by Crippen LogP contribution is 2.25. The third-order valence-corrected chi connectivity index (χ3v) is 5.16. The minimum Gasteiger partial charge on any atom is -0.354 e. The van der Waals surface area contributed by atoms with Gasteiger partial charge in [-0.15, -0.1) is 0 Å². The Kier molecular flexibility index (Phi) is 6.24. The molecule has 0 aliphatic carbocycles. The molecule has 0 saturated carbocycles. The fourth-order valence-corrected chi connectivity index (χ4v) is 3.76. The summed E-state index contributed by atoms with van der Waals surface area (Å²) in [5.74, 6) is 0.0602. The molecule has 0 bridgehead atoms. The molecule has 3 heteroatoms. The zero-order chi connectivity index (χ0) is 17.5. The van der Waals surface area contributed by atoms with Crippen molar-refractivity contribution in [3.63, 3.8) is 0 Å². The van der Waals surface area contributed by atoms with E-state index in [0.717, 1.165) is 25.1 Å². The van der Waals surface area contributed by atoms with Crippen molar-refractivity contribution < 1.29 is 4.79 Å². The van der Waals surface area contributed by atoms with Crippen LogP contribution in [0.25, 0.3) is 0 Å². The lowest BCUT2D eigenvalue weighted by molar-refractivity contribution is -0.122. The van der Waals surface area contributed by atoms with Gasteiger partial charge in [0, 0.05) is 6.54 Å². The molecule has 3 rings (SSSR count). The van der Waals surface area contributed by atoms with Crippen molar-refractivity contribution >= 4 is 5.91 Å². The van der Waals surface area contributed by atoms with Crippen LogP contribution in [0.3, 0.4) is 0 Å². The van der Waals surface area contributed by atoms with Crippen molar-refractivity contribution in [2.45, 2.75) is 38.1 Å².